The standard InChI is InChI=1S/C20H32N2O7/c1-16(2)15-17(22-18(23)3-4-19(22)24)20(25)21-5-7-26-9-11-28-13-14-29-12-10-27-8-6-21/h3-4,16-17H,5-15H2,1-2H3/t17-/m0/s1. The molecule has 0 bridgehead atoms. The lowest BCUT2D eigenvalue weighted by atomic mass is 10.0. The first-order valence-electron chi connectivity index (χ1n) is 10.2. The molecular weight excluding hydrogens is 380 g/mol. The molecule has 0 aromatic carbocycles. The monoisotopic (exact) mass is 412 g/mol. The Bertz CT molecular complexity index is 545. The van der Waals surface area contributed by atoms with Crippen LogP contribution in [0.4, 0.5) is 0 Å². The Morgan fingerprint density at radius 2 is 1.24 bits per heavy atom. The molecule has 164 valence electrons. The molecule has 0 aliphatic carbocycles. The summed E-state index contributed by atoms with van der Waals surface area (Å²) < 4.78 is 21.9. The summed E-state index contributed by atoms with van der Waals surface area (Å²) in [5, 5.41) is 0. The van der Waals surface area contributed by atoms with Crippen molar-refractivity contribution in [3.05, 3.63) is 12.2 Å². The average Bonchev–Trinajstić information content (AvgIpc) is 3.01. The number of rotatable bonds is 4. The summed E-state index contributed by atoms with van der Waals surface area (Å²) >= 11 is 0. The van der Waals surface area contributed by atoms with Crippen LogP contribution in [0.15, 0.2) is 12.2 Å². The molecule has 2 heterocycles. The van der Waals surface area contributed by atoms with Crippen LogP contribution < -0.4 is 0 Å². The SMILES string of the molecule is CC(C)C[C@@H](C(=O)N1CCOCCOCCOCCOCC1)N1C(=O)C=CC1=O. The van der Waals surface area contributed by atoms with Gasteiger partial charge in [-0.15, -0.1) is 0 Å². The minimum atomic E-state index is -0.834. The third kappa shape index (κ3) is 7.85. The van der Waals surface area contributed by atoms with E-state index in [0.29, 0.717) is 72.4 Å². The second kappa shape index (κ2) is 12.7. The van der Waals surface area contributed by atoms with E-state index in [1.54, 1.807) is 4.90 Å². The summed E-state index contributed by atoms with van der Waals surface area (Å²) in [7, 11) is 0. The van der Waals surface area contributed by atoms with Crippen LogP contribution in [-0.2, 0) is 33.3 Å². The lowest BCUT2D eigenvalue weighted by Gasteiger charge is -2.32. The molecule has 29 heavy (non-hydrogen) atoms. The van der Waals surface area contributed by atoms with E-state index in [9.17, 15) is 14.4 Å². The summed E-state index contributed by atoms with van der Waals surface area (Å²) in [4.78, 5) is 40.3. The van der Waals surface area contributed by atoms with E-state index in [-0.39, 0.29) is 11.8 Å². The summed E-state index contributed by atoms with van der Waals surface area (Å²) in [5.41, 5.74) is 0. The smallest absolute Gasteiger partial charge is 0.254 e. The number of hydrogen-bond acceptors (Lipinski definition) is 7. The molecular formula is C20H32N2O7. The largest absolute Gasteiger partial charge is 0.377 e. The van der Waals surface area contributed by atoms with Gasteiger partial charge in [0.25, 0.3) is 11.8 Å². The molecule has 0 aromatic rings. The lowest BCUT2D eigenvalue weighted by Crippen LogP contribution is -2.52. The van der Waals surface area contributed by atoms with Crippen LogP contribution in [0.3, 0.4) is 0 Å². The second-order valence-electron chi connectivity index (χ2n) is 7.30. The molecule has 1 fully saturated rings. The number of nitrogens with zero attached hydrogens (tertiary/aromatic N) is 2. The summed E-state index contributed by atoms with van der Waals surface area (Å²) in [5.74, 6) is -1.04. The summed E-state index contributed by atoms with van der Waals surface area (Å²) in [6.07, 6.45) is 2.82. The molecule has 1 saturated heterocycles. The van der Waals surface area contributed by atoms with Gasteiger partial charge in [-0.1, -0.05) is 13.8 Å². The van der Waals surface area contributed by atoms with Crippen molar-refractivity contribution in [1.29, 1.82) is 0 Å². The molecule has 9 heteroatoms. The number of amides is 3. The Morgan fingerprint density at radius 1 is 0.828 bits per heavy atom. The van der Waals surface area contributed by atoms with Gasteiger partial charge in [-0.05, 0) is 12.3 Å². The average molecular weight is 412 g/mol. The second-order valence-corrected chi connectivity index (χ2v) is 7.30. The maximum atomic E-state index is 13.3. The van der Waals surface area contributed by atoms with Crippen molar-refractivity contribution in [3.63, 3.8) is 0 Å². The van der Waals surface area contributed by atoms with E-state index in [4.69, 9.17) is 18.9 Å². The van der Waals surface area contributed by atoms with Gasteiger partial charge in [0.15, 0.2) is 0 Å². The maximum absolute atomic E-state index is 13.3. The van der Waals surface area contributed by atoms with Gasteiger partial charge in [0, 0.05) is 25.2 Å². The highest BCUT2D eigenvalue weighted by Crippen LogP contribution is 2.19. The van der Waals surface area contributed by atoms with Gasteiger partial charge in [0.1, 0.15) is 6.04 Å². The summed E-state index contributed by atoms with van der Waals surface area (Å²) in [6.45, 7) is 8.00. The van der Waals surface area contributed by atoms with Crippen molar-refractivity contribution < 1.29 is 33.3 Å². The Balaban J connectivity index is 2.05. The Hall–Kier alpha value is -1.81. The van der Waals surface area contributed by atoms with E-state index < -0.39 is 17.9 Å². The van der Waals surface area contributed by atoms with Crippen LogP contribution in [0.1, 0.15) is 20.3 Å². The third-order valence-corrected chi connectivity index (χ3v) is 4.57. The van der Waals surface area contributed by atoms with Crippen LogP contribution in [0.25, 0.3) is 0 Å². The molecule has 0 saturated carbocycles. The normalized spacial score (nSPS) is 21.9. The molecule has 1 atom stereocenters. The maximum Gasteiger partial charge on any atom is 0.254 e. The molecule has 0 aromatic heterocycles. The van der Waals surface area contributed by atoms with E-state index in [0.717, 1.165) is 4.90 Å². The van der Waals surface area contributed by atoms with Crippen LogP contribution >= 0.6 is 0 Å². The quantitative estimate of drug-likeness (QED) is 0.610. The zero-order chi connectivity index (χ0) is 21.1. The lowest BCUT2D eigenvalue weighted by molar-refractivity contribution is -0.151. The fourth-order valence-corrected chi connectivity index (χ4v) is 3.14. The first kappa shape index (κ1) is 23.5. The van der Waals surface area contributed by atoms with Crippen LogP contribution in [0.2, 0.25) is 0 Å². The Kier molecular flexibility index (Phi) is 10.3. The van der Waals surface area contributed by atoms with Gasteiger partial charge in [0.2, 0.25) is 5.91 Å². The van der Waals surface area contributed by atoms with Gasteiger partial charge in [-0.2, -0.15) is 0 Å². The van der Waals surface area contributed by atoms with Crippen LogP contribution in [0.5, 0.6) is 0 Å². The highest BCUT2D eigenvalue weighted by molar-refractivity contribution is 6.15. The minimum Gasteiger partial charge on any atom is -0.377 e. The van der Waals surface area contributed by atoms with E-state index in [1.807, 2.05) is 13.8 Å². The topological polar surface area (TPSA) is 94.6 Å². The molecule has 2 aliphatic heterocycles. The Morgan fingerprint density at radius 3 is 1.66 bits per heavy atom. The highest BCUT2D eigenvalue weighted by Gasteiger charge is 2.38. The van der Waals surface area contributed by atoms with E-state index >= 15 is 0 Å². The zero-order valence-electron chi connectivity index (χ0n) is 17.3. The zero-order valence-corrected chi connectivity index (χ0v) is 17.3. The minimum absolute atomic E-state index is 0.135. The van der Waals surface area contributed by atoms with Crippen LogP contribution in [-0.4, -0.2) is 99.5 Å². The molecule has 9 nitrogen and oxygen atoms in total. The van der Waals surface area contributed by atoms with Gasteiger partial charge in [-0.3, -0.25) is 19.3 Å². The van der Waals surface area contributed by atoms with Crippen molar-refractivity contribution >= 4 is 17.7 Å². The van der Waals surface area contributed by atoms with Gasteiger partial charge in [-0.25, -0.2) is 0 Å². The molecule has 0 N–H and O–H groups in total. The van der Waals surface area contributed by atoms with Crippen molar-refractivity contribution in [3.8, 4) is 0 Å². The fourth-order valence-electron chi connectivity index (χ4n) is 3.14. The van der Waals surface area contributed by atoms with Crippen molar-refractivity contribution in [1.82, 2.24) is 9.80 Å². The number of imide groups is 1. The summed E-state index contributed by atoms with van der Waals surface area (Å²) in [6, 6.07) is -0.834. The third-order valence-electron chi connectivity index (χ3n) is 4.57. The number of ether oxygens (including phenoxy) is 4. The molecule has 3 amide bonds. The fraction of sp³-hybridized carbons (Fsp3) is 0.750. The molecule has 0 spiro atoms. The van der Waals surface area contributed by atoms with E-state index in [2.05, 4.69) is 0 Å². The highest BCUT2D eigenvalue weighted by atomic mass is 16.6. The number of carbonyl (C=O) groups is 3. The molecule has 2 rings (SSSR count). The van der Waals surface area contributed by atoms with Crippen LogP contribution in [0, 0.1) is 5.92 Å². The van der Waals surface area contributed by atoms with E-state index in [1.165, 1.54) is 12.2 Å². The predicted octanol–water partition coefficient (Wildman–Crippen LogP) is 0.235. The van der Waals surface area contributed by atoms with Crippen molar-refractivity contribution in [2.45, 2.75) is 26.3 Å². The van der Waals surface area contributed by atoms with Gasteiger partial charge in [0.05, 0.1) is 52.9 Å². The number of carbonyl (C=O) groups excluding carboxylic acids is 3. The number of hydrogen-bond donors (Lipinski definition) is 0. The first-order chi connectivity index (χ1) is 14.0. The first-order valence-corrected chi connectivity index (χ1v) is 10.2. The van der Waals surface area contributed by atoms with Crippen molar-refractivity contribution in [2.24, 2.45) is 5.92 Å². The molecule has 0 unspecified atom stereocenters. The molecule has 0 radical (unpaired) electrons. The predicted molar refractivity (Wildman–Crippen MR) is 104 cm³/mol. The molecule has 2 aliphatic rings. The van der Waals surface area contributed by atoms with Gasteiger partial charge < -0.3 is 23.8 Å². The Labute approximate surface area is 171 Å². The van der Waals surface area contributed by atoms with Gasteiger partial charge >= 0.3 is 0 Å². The van der Waals surface area contributed by atoms with Crippen molar-refractivity contribution in [2.75, 3.05) is 65.9 Å².